The highest BCUT2D eigenvalue weighted by atomic mass is 79.9. The first-order valence-electron chi connectivity index (χ1n) is 7.43. The van der Waals surface area contributed by atoms with Crippen LogP contribution < -0.4 is 10.1 Å². The quantitative estimate of drug-likeness (QED) is 0.844. The van der Waals surface area contributed by atoms with Gasteiger partial charge in [-0.05, 0) is 49.6 Å². The lowest BCUT2D eigenvalue weighted by molar-refractivity contribution is 0.398. The van der Waals surface area contributed by atoms with Crippen LogP contribution in [0.1, 0.15) is 37.7 Å². The van der Waals surface area contributed by atoms with Gasteiger partial charge < -0.3 is 10.1 Å². The van der Waals surface area contributed by atoms with Crippen molar-refractivity contribution in [3.8, 4) is 5.75 Å². The van der Waals surface area contributed by atoms with Crippen LogP contribution in [0.25, 0.3) is 6.08 Å². The largest absolute Gasteiger partial charge is 0.497 e. The number of halogens is 1. The summed E-state index contributed by atoms with van der Waals surface area (Å²) in [5, 5.41) is 3.32. The van der Waals surface area contributed by atoms with Crippen LogP contribution >= 0.6 is 15.9 Å². The Morgan fingerprint density at radius 1 is 1.35 bits per heavy atom. The second kappa shape index (κ2) is 7.84. The van der Waals surface area contributed by atoms with Crippen molar-refractivity contribution < 1.29 is 4.74 Å². The molecule has 3 heteroatoms. The molecule has 0 amide bonds. The van der Waals surface area contributed by atoms with Crippen molar-refractivity contribution in [3.05, 3.63) is 33.8 Å². The zero-order chi connectivity index (χ0) is 14.4. The van der Waals surface area contributed by atoms with Crippen molar-refractivity contribution in [3.63, 3.8) is 0 Å². The Labute approximate surface area is 130 Å². The molecule has 1 aliphatic rings. The molecule has 1 aromatic carbocycles. The molecule has 1 N–H and O–H groups in total. The summed E-state index contributed by atoms with van der Waals surface area (Å²) in [6.45, 7) is 0.967. The summed E-state index contributed by atoms with van der Waals surface area (Å²) in [5.41, 5.74) is 2.72. The molecule has 0 spiro atoms. The van der Waals surface area contributed by atoms with Crippen LogP contribution in [0.3, 0.4) is 0 Å². The standard InChI is InChI=1S/C17H24BrNO/c1-19-12-15(13-6-4-3-5-7-13)10-14-11-16(20-2)8-9-17(14)18/h8-11,13,19H,3-7,12H2,1-2H3/b15-10-. The van der Waals surface area contributed by atoms with Crippen molar-refractivity contribution in [1.82, 2.24) is 5.32 Å². The smallest absolute Gasteiger partial charge is 0.119 e. The molecule has 0 aliphatic heterocycles. The second-order valence-corrected chi connectivity index (χ2v) is 6.33. The average Bonchev–Trinajstić information content (AvgIpc) is 2.49. The SMILES string of the molecule is CNC/C(=C/c1cc(OC)ccc1Br)C1CCCCC1. The fourth-order valence-electron chi connectivity index (χ4n) is 2.95. The molecule has 0 atom stereocenters. The fourth-order valence-corrected chi connectivity index (χ4v) is 3.31. The third-order valence-corrected chi connectivity index (χ3v) is 4.78. The number of benzene rings is 1. The molecule has 1 saturated carbocycles. The Bertz CT molecular complexity index is 464. The molecule has 0 heterocycles. The molecule has 0 unspecified atom stereocenters. The van der Waals surface area contributed by atoms with E-state index in [9.17, 15) is 0 Å². The zero-order valence-corrected chi connectivity index (χ0v) is 14.0. The van der Waals surface area contributed by atoms with Crippen LogP contribution in [-0.2, 0) is 0 Å². The first-order valence-corrected chi connectivity index (χ1v) is 8.22. The maximum Gasteiger partial charge on any atom is 0.119 e. The van der Waals surface area contributed by atoms with Gasteiger partial charge in [-0.3, -0.25) is 0 Å². The van der Waals surface area contributed by atoms with E-state index >= 15 is 0 Å². The van der Waals surface area contributed by atoms with Crippen LogP contribution in [-0.4, -0.2) is 20.7 Å². The topological polar surface area (TPSA) is 21.3 Å². The molecular weight excluding hydrogens is 314 g/mol. The average molecular weight is 338 g/mol. The van der Waals surface area contributed by atoms with E-state index in [-0.39, 0.29) is 0 Å². The molecule has 0 saturated heterocycles. The molecule has 2 rings (SSSR count). The third-order valence-electron chi connectivity index (χ3n) is 4.05. The second-order valence-electron chi connectivity index (χ2n) is 5.47. The Hall–Kier alpha value is -0.800. The predicted molar refractivity (Wildman–Crippen MR) is 89.2 cm³/mol. The highest BCUT2D eigenvalue weighted by Gasteiger charge is 2.17. The minimum atomic E-state index is 0.731. The van der Waals surface area contributed by atoms with E-state index < -0.39 is 0 Å². The Balaban J connectivity index is 2.27. The van der Waals surface area contributed by atoms with Gasteiger partial charge in [-0.15, -0.1) is 0 Å². The van der Waals surface area contributed by atoms with Gasteiger partial charge in [0.1, 0.15) is 5.75 Å². The normalized spacial score (nSPS) is 17.2. The number of rotatable bonds is 5. The van der Waals surface area contributed by atoms with Gasteiger partial charge in [0.05, 0.1) is 7.11 Å². The first kappa shape index (κ1) is 15.6. The number of likely N-dealkylation sites (N-methyl/N-ethyl adjacent to an activating group) is 1. The minimum Gasteiger partial charge on any atom is -0.497 e. The van der Waals surface area contributed by atoms with Crippen LogP contribution in [0.15, 0.2) is 28.2 Å². The van der Waals surface area contributed by atoms with Crippen LogP contribution in [0.2, 0.25) is 0 Å². The van der Waals surface area contributed by atoms with Gasteiger partial charge in [0.25, 0.3) is 0 Å². The number of hydrogen-bond donors (Lipinski definition) is 1. The van der Waals surface area contributed by atoms with Gasteiger partial charge in [-0.25, -0.2) is 0 Å². The Morgan fingerprint density at radius 3 is 2.75 bits per heavy atom. The molecule has 1 aromatic rings. The summed E-state index contributed by atoms with van der Waals surface area (Å²) in [5.74, 6) is 1.64. The molecule has 0 bridgehead atoms. The van der Waals surface area contributed by atoms with Crippen molar-refractivity contribution >= 4 is 22.0 Å². The molecule has 20 heavy (non-hydrogen) atoms. The van der Waals surface area contributed by atoms with Crippen LogP contribution in [0, 0.1) is 5.92 Å². The monoisotopic (exact) mass is 337 g/mol. The summed E-state index contributed by atoms with van der Waals surface area (Å²) >= 11 is 3.64. The van der Waals surface area contributed by atoms with Crippen molar-refractivity contribution in [2.24, 2.45) is 5.92 Å². The van der Waals surface area contributed by atoms with E-state index in [1.54, 1.807) is 7.11 Å². The molecule has 0 aromatic heterocycles. The first-order chi connectivity index (χ1) is 9.74. The van der Waals surface area contributed by atoms with E-state index in [2.05, 4.69) is 39.5 Å². The van der Waals surface area contributed by atoms with Gasteiger partial charge in [0.2, 0.25) is 0 Å². The number of methoxy groups -OCH3 is 1. The highest BCUT2D eigenvalue weighted by Crippen LogP contribution is 2.32. The number of ether oxygens (including phenoxy) is 1. The van der Waals surface area contributed by atoms with Crippen molar-refractivity contribution in [1.29, 1.82) is 0 Å². The minimum absolute atomic E-state index is 0.731. The predicted octanol–water partition coefficient (Wildman–Crippen LogP) is 4.64. The van der Waals surface area contributed by atoms with E-state index in [0.717, 1.165) is 22.7 Å². The molecule has 110 valence electrons. The Morgan fingerprint density at radius 2 is 2.10 bits per heavy atom. The molecule has 0 radical (unpaired) electrons. The van der Waals surface area contributed by atoms with E-state index in [0.29, 0.717) is 0 Å². The van der Waals surface area contributed by atoms with Gasteiger partial charge in [-0.2, -0.15) is 0 Å². The number of nitrogens with one attached hydrogen (secondary N) is 1. The van der Waals surface area contributed by atoms with Gasteiger partial charge in [0, 0.05) is 11.0 Å². The molecular formula is C17H24BrNO. The third kappa shape index (κ3) is 4.10. The van der Waals surface area contributed by atoms with E-state index in [1.165, 1.54) is 43.2 Å². The highest BCUT2D eigenvalue weighted by molar-refractivity contribution is 9.10. The van der Waals surface area contributed by atoms with Crippen molar-refractivity contribution in [2.75, 3.05) is 20.7 Å². The van der Waals surface area contributed by atoms with E-state index in [1.807, 2.05) is 13.1 Å². The Kier molecular flexibility index (Phi) is 6.11. The molecule has 1 aliphatic carbocycles. The molecule has 1 fully saturated rings. The number of hydrogen-bond acceptors (Lipinski definition) is 2. The summed E-state index contributed by atoms with van der Waals surface area (Å²) in [6, 6.07) is 6.14. The van der Waals surface area contributed by atoms with E-state index in [4.69, 9.17) is 4.74 Å². The maximum atomic E-state index is 5.33. The summed E-state index contributed by atoms with van der Waals surface area (Å²) in [6.07, 6.45) is 9.12. The lowest BCUT2D eigenvalue weighted by Crippen LogP contribution is -2.19. The summed E-state index contributed by atoms with van der Waals surface area (Å²) in [4.78, 5) is 0. The maximum absolute atomic E-state index is 5.33. The lowest BCUT2D eigenvalue weighted by Gasteiger charge is -2.25. The van der Waals surface area contributed by atoms with Crippen molar-refractivity contribution in [2.45, 2.75) is 32.1 Å². The zero-order valence-electron chi connectivity index (χ0n) is 12.4. The molecule has 2 nitrogen and oxygen atoms in total. The van der Waals surface area contributed by atoms with Crippen LogP contribution in [0.4, 0.5) is 0 Å². The summed E-state index contributed by atoms with van der Waals surface area (Å²) in [7, 11) is 3.74. The summed E-state index contributed by atoms with van der Waals surface area (Å²) < 4.78 is 6.46. The fraction of sp³-hybridized carbons (Fsp3) is 0.529. The van der Waals surface area contributed by atoms with Gasteiger partial charge in [0.15, 0.2) is 0 Å². The van der Waals surface area contributed by atoms with Crippen LogP contribution in [0.5, 0.6) is 5.75 Å². The lowest BCUT2D eigenvalue weighted by atomic mass is 9.83. The van der Waals surface area contributed by atoms with Gasteiger partial charge >= 0.3 is 0 Å². The van der Waals surface area contributed by atoms with Gasteiger partial charge in [-0.1, -0.05) is 46.8 Å².